The molecule has 134 valence electrons. The normalized spacial score (nSPS) is 14.3. The van der Waals surface area contributed by atoms with Gasteiger partial charge in [-0.3, -0.25) is 5.41 Å². The smallest absolute Gasteiger partial charge is 0.303 e. The van der Waals surface area contributed by atoms with Crippen LogP contribution in [0.2, 0.25) is 0 Å². The summed E-state index contributed by atoms with van der Waals surface area (Å²) in [6.07, 6.45) is 0. The number of alkyl halides is 6. The summed E-state index contributed by atoms with van der Waals surface area (Å²) in [6.45, 7) is 0.363. The first-order chi connectivity index (χ1) is 10.0. The zero-order valence-corrected chi connectivity index (χ0v) is 13.0. The predicted molar refractivity (Wildman–Crippen MR) is 61.4 cm³/mol. The Morgan fingerprint density at radius 1 is 0.913 bits per heavy atom. The van der Waals surface area contributed by atoms with Gasteiger partial charge in [-0.25, -0.2) is 16.8 Å². The average molecular weight is 389 g/mol. The second-order valence-corrected chi connectivity index (χ2v) is 7.85. The van der Waals surface area contributed by atoms with Crippen molar-refractivity contribution in [3.63, 3.8) is 0 Å². The van der Waals surface area contributed by atoms with E-state index >= 15 is 0 Å². The number of imidazole rings is 1. The Bertz CT molecular complexity index is 888. The van der Waals surface area contributed by atoms with Gasteiger partial charge in [-0.2, -0.15) is 26.3 Å². The topological polar surface area (TPSA) is 102 Å². The Morgan fingerprint density at radius 3 is 1.57 bits per heavy atom. The predicted octanol–water partition coefficient (Wildman–Crippen LogP) is 0.913. The second kappa shape index (κ2) is 5.25. The lowest BCUT2D eigenvalue weighted by Crippen LogP contribution is -2.31. The number of rotatable bonds is 3. The number of aromatic nitrogens is 2. The Labute approximate surface area is 125 Å². The molecular formula is C8H9F6N3O4S2. The van der Waals surface area contributed by atoms with Gasteiger partial charge in [0.15, 0.2) is 10.1 Å². The van der Waals surface area contributed by atoms with Gasteiger partial charge in [-0.1, -0.05) is 0 Å². The first-order valence-electron chi connectivity index (χ1n) is 5.48. The molecule has 1 aromatic heterocycles. The highest BCUT2D eigenvalue weighted by atomic mass is 32.2. The summed E-state index contributed by atoms with van der Waals surface area (Å²) in [5.74, 6) is 0. The van der Waals surface area contributed by atoms with E-state index in [2.05, 4.69) is 0 Å². The van der Waals surface area contributed by atoms with Gasteiger partial charge in [0.25, 0.3) is 19.7 Å². The molecule has 0 amide bonds. The van der Waals surface area contributed by atoms with Crippen LogP contribution < -0.4 is 5.62 Å². The summed E-state index contributed by atoms with van der Waals surface area (Å²) in [4.78, 5) is 0. The fourth-order valence-electron chi connectivity index (χ4n) is 1.70. The molecule has 0 aromatic carbocycles. The van der Waals surface area contributed by atoms with E-state index in [-0.39, 0.29) is 9.13 Å². The summed E-state index contributed by atoms with van der Waals surface area (Å²) in [5.41, 5.74) is -13.3. The van der Waals surface area contributed by atoms with Gasteiger partial charge < -0.3 is 9.13 Å². The van der Waals surface area contributed by atoms with Crippen molar-refractivity contribution in [2.24, 2.45) is 7.05 Å². The van der Waals surface area contributed by atoms with Crippen LogP contribution in [-0.4, -0.2) is 37.0 Å². The van der Waals surface area contributed by atoms with Crippen molar-refractivity contribution in [3.05, 3.63) is 5.62 Å². The number of sulfone groups is 2. The lowest BCUT2D eigenvalue weighted by molar-refractivity contribution is -0.0462. The largest absolute Gasteiger partial charge is 0.503 e. The molecule has 0 unspecified atom stereocenters. The molecule has 0 fully saturated rings. The zero-order chi connectivity index (χ0) is 18.6. The molecule has 0 aliphatic carbocycles. The number of nitrogens with zero attached hydrogens (tertiary/aromatic N) is 2. The molecule has 0 saturated heterocycles. The van der Waals surface area contributed by atoms with Crippen LogP contribution in [0.1, 0.15) is 6.92 Å². The number of hydrogen-bond acceptors (Lipinski definition) is 5. The van der Waals surface area contributed by atoms with Crippen LogP contribution in [0.5, 0.6) is 0 Å². The van der Waals surface area contributed by atoms with Crippen molar-refractivity contribution in [3.8, 4) is 0 Å². The van der Waals surface area contributed by atoms with Crippen LogP contribution in [0, 0.1) is 5.41 Å². The molecule has 1 heterocycles. The van der Waals surface area contributed by atoms with Crippen molar-refractivity contribution >= 4 is 19.7 Å². The van der Waals surface area contributed by atoms with E-state index in [1.165, 1.54) is 0 Å². The maximum atomic E-state index is 12.7. The molecule has 15 heteroatoms. The van der Waals surface area contributed by atoms with Crippen molar-refractivity contribution in [1.82, 2.24) is 9.13 Å². The van der Waals surface area contributed by atoms with Crippen LogP contribution in [0.3, 0.4) is 0 Å². The van der Waals surface area contributed by atoms with Crippen LogP contribution >= 0.6 is 0 Å². The maximum Gasteiger partial charge on any atom is 0.503 e. The van der Waals surface area contributed by atoms with E-state index in [0.29, 0.717) is 7.05 Å². The van der Waals surface area contributed by atoms with Gasteiger partial charge in [0.05, 0.1) is 0 Å². The Balaban J connectivity index is 4.17. The lowest BCUT2D eigenvalue weighted by Gasteiger charge is -2.13. The Morgan fingerprint density at radius 2 is 1.26 bits per heavy atom. The molecule has 0 saturated carbocycles. The maximum absolute atomic E-state index is 12.7. The summed E-state index contributed by atoms with van der Waals surface area (Å²) in [5, 5.41) is 3.09. The third-order valence-corrected chi connectivity index (χ3v) is 5.99. The van der Waals surface area contributed by atoms with Gasteiger partial charge in [0.1, 0.15) is 0 Å². The molecule has 0 spiro atoms. The number of hydrogen-bond donors (Lipinski definition) is 1. The van der Waals surface area contributed by atoms with Gasteiger partial charge in [0, 0.05) is 13.6 Å². The average Bonchev–Trinajstić information content (AvgIpc) is 2.59. The highest BCUT2D eigenvalue weighted by Gasteiger charge is 2.57. The second-order valence-electron chi connectivity index (χ2n) is 4.14. The quantitative estimate of drug-likeness (QED) is 0.777. The molecule has 0 atom stereocenters. The molecule has 1 rings (SSSR count). The summed E-state index contributed by atoms with van der Waals surface area (Å²) in [6, 6.07) is 0. The van der Waals surface area contributed by atoms with Gasteiger partial charge >= 0.3 is 11.0 Å². The minimum Gasteiger partial charge on any atom is -0.303 e. The number of halogens is 6. The third-order valence-electron chi connectivity index (χ3n) is 2.74. The molecule has 0 bridgehead atoms. The minimum atomic E-state index is -6.45. The summed E-state index contributed by atoms with van der Waals surface area (Å²) < 4.78 is 122. The standard InChI is InChI=1S/C8H9F6N3O4S2/c1-3-17-5(23(20,21)8(12,13)14)4(16(2)6(17)15)22(18,19)7(9,10)11/h15H,3H2,1-2H3. The van der Waals surface area contributed by atoms with E-state index in [1.807, 2.05) is 0 Å². The third kappa shape index (κ3) is 2.75. The van der Waals surface area contributed by atoms with Crippen molar-refractivity contribution in [2.45, 2.75) is 34.5 Å². The molecule has 1 N–H and O–H groups in total. The zero-order valence-electron chi connectivity index (χ0n) is 11.3. The fourth-order valence-corrected chi connectivity index (χ4v) is 4.46. The van der Waals surface area contributed by atoms with Crippen LogP contribution in [-0.2, 0) is 33.3 Å². The fraction of sp³-hybridized carbons (Fsp3) is 0.625. The molecule has 0 radical (unpaired) electrons. The molecule has 0 aliphatic heterocycles. The summed E-state index contributed by atoms with van der Waals surface area (Å²) >= 11 is 0. The van der Waals surface area contributed by atoms with E-state index in [9.17, 15) is 43.2 Å². The number of nitrogens with one attached hydrogen (secondary N) is 1. The van der Waals surface area contributed by atoms with Gasteiger partial charge in [0.2, 0.25) is 5.62 Å². The first kappa shape index (κ1) is 19.5. The molecule has 7 nitrogen and oxygen atoms in total. The first-order valence-corrected chi connectivity index (χ1v) is 8.45. The molecule has 0 aliphatic rings. The SMILES string of the molecule is CCn1c(S(=O)(=O)C(F)(F)F)c(S(=O)(=O)C(F)(F)F)n(C)c1=N. The van der Waals surface area contributed by atoms with Gasteiger partial charge in [-0.15, -0.1) is 0 Å². The van der Waals surface area contributed by atoms with E-state index in [4.69, 9.17) is 5.41 Å². The van der Waals surface area contributed by atoms with Crippen LogP contribution in [0.4, 0.5) is 26.3 Å². The monoisotopic (exact) mass is 389 g/mol. The van der Waals surface area contributed by atoms with E-state index in [1.54, 1.807) is 0 Å². The minimum absolute atomic E-state index is 0.0153. The van der Waals surface area contributed by atoms with Gasteiger partial charge in [-0.05, 0) is 6.92 Å². The highest BCUT2D eigenvalue weighted by Crippen LogP contribution is 2.38. The van der Waals surface area contributed by atoms with Crippen molar-refractivity contribution in [2.75, 3.05) is 0 Å². The van der Waals surface area contributed by atoms with Crippen molar-refractivity contribution < 1.29 is 43.2 Å². The van der Waals surface area contributed by atoms with Crippen LogP contribution in [0.15, 0.2) is 10.1 Å². The summed E-state index contributed by atoms with van der Waals surface area (Å²) in [7, 11) is -12.4. The molecule has 1 aromatic rings. The van der Waals surface area contributed by atoms with Crippen molar-refractivity contribution in [1.29, 1.82) is 5.41 Å². The van der Waals surface area contributed by atoms with Crippen LogP contribution in [0.25, 0.3) is 0 Å². The Kier molecular flexibility index (Phi) is 4.46. The van der Waals surface area contributed by atoms with E-state index in [0.717, 1.165) is 6.92 Å². The Hall–Kier alpha value is -1.51. The lowest BCUT2D eigenvalue weighted by atomic mass is 10.7. The van der Waals surface area contributed by atoms with E-state index < -0.39 is 52.9 Å². The molecule has 23 heavy (non-hydrogen) atoms. The molecular weight excluding hydrogens is 380 g/mol. The highest BCUT2D eigenvalue weighted by molar-refractivity contribution is 7.95.